The van der Waals surface area contributed by atoms with E-state index in [1.165, 1.54) is 32.4 Å². The topological polar surface area (TPSA) is 75.7 Å². The number of hydrogen-bond donors (Lipinski definition) is 1. The molecule has 0 aromatic heterocycles. The van der Waals surface area contributed by atoms with Crippen molar-refractivity contribution in [2.45, 2.75) is 64.0 Å². The number of hydrogen-bond acceptors (Lipinski definition) is 4. The zero-order valence-electron chi connectivity index (χ0n) is 16.2. The number of methoxy groups -OCH3 is 1. The Bertz CT molecular complexity index is 746. The zero-order valence-corrected chi connectivity index (χ0v) is 17.8. The van der Waals surface area contributed by atoms with Crippen molar-refractivity contribution in [3.8, 4) is 5.75 Å². The number of sulfonamides is 1. The highest BCUT2D eigenvalue weighted by atomic mass is 35.5. The van der Waals surface area contributed by atoms with Gasteiger partial charge in [0.1, 0.15) is 11.8 Å². The van der Waals surface area contributed by atoms with Gasteiger partial charge in [0.25, 0.3) is 0 Å². The Balaban J connectivity index is 2.20. The van der Waals surface area contributed by atoms with Crippen LogP contribution in [0.2, 0.25) is 5.02 Å². The van der Waals surface area contributed by atoms with Crippen molar-refractivity contribution < 1.29 is 17.9 Å². The molecule has 1 amide bonds. The van der Waals surface area contributed by atoms with E-state index in [2.05, 4.69) is 5.32 Å². The van der Waals surface area contributed by atoms with Crippen LogP contribution in [0.5, 0.6) is 5.75 Å². The summed E-state index contributed by atoms with van der Waals surface area (Å²) in [7, 11) is -2.19. The number of halogens is 1. The number of benzene rings is 1. The fourth-order valence-corrected chi connectivity index (χ4v) is 4.94. The summed E-state index contributed by atoms with van der Waals surface area (Å²) >= 11 is 6.15. The van der Waals surface area contributed by atoms with Crippen molar-refractivity contribution in [3.63, 3.8) is 0 Å². The van der Waals surface area contributed by atoms with Gasteiger partial charge in [0, 0.05) is 6.04 Å². The molecule has 1 fully saturated rings. The fraction of sp³-hybridized carbons (Fsp3) is 0.632. The maximum atomic E-state index is 12.8. The van der Waals surface area contributed by atoms with Gasteiger partial charge in [-0.1, -0.05) is 43.7 Å². The van der Waals surface area contributed by atoms with Crippen molar-refractivity contribution in [1.29, 1.82) is 0 Å². The van der Waals surface area contributed by atoms with E-state index in [1.807, 2.05) is 0 Å². The number of carbonyl (C=O) groups is 1. The minimum atomic E-state index is -3.68. The predicted molar refractivity (Wildman–Crippen MR) is 109 cm³/mol. The summed E-state index contributed by atoms with van der Waals surface area (Å²) in [5.41, 5.74) is 0.337. The van der Waals surface area contributed by atoms with E-state index in [-0.39, 0.29) is 17.0 Å². The number of nitrogens with zero attached hydrogens (tertiary/aromatic N) is 1. The summed E-state index contributed by atoms with van der Waals surface area (Å²) in [6, 6.07) is 3.90. The third kappa shape index (κ3) is 6.01. The summed E-state index contributed by atoms with van der Waals surface area (Å²) in [6.45, 7) is 1.59. The Hall–Kier alpha value is -1.47. The molecule has 0 saturated heterocycles. The van der Waals surface area contributed by atoms with Crippen LogP contribution in [0.1, 0.15) is 51.9 Å². The van der Waals surface area contributed by atoms with Crippen LogP contribution in [0.3, 0.4) is 0 Å². The number of amides is 1. The van der Waals surface area contributed by atoms with Gasteiger partial charge in [0.15, 0.2) is 0 Å². The minimum absolute atomic E-state index is 0.0983. The average Bonchev–Trinajstić information content (AvgIpc) is 2.56. The zero-order chi connectivity index (χ0) is 20.0. The molecule has 0 heterocycles. The highest BCUT2D eigenvalue weighted by Crippen LogP contribution is 2.31. The predicted octanol–water partition coefficient (Wildman–Crippen LogP) is 3.73. The van der Waals surface area contributed by atoms with Crippen LogP contribution in [0.15, 0.2) is 18.2 Å². The van der Waals surface area contributed by atoms with Crippen LogP contribution < -0.4 is 14.4 Å². The number of ether oxygens (including phenoxy) is 1. The van der Waals surface area contributed by atoms with Gasteiger partial charge in [-0.25, -0.2) is 8.42 Å². The van der Waals surface area contributed by atoms with Gasteiger partial charge < -0.3 is 10.1 Å². The van der Waals surface area contributed by atoms with Crippen LogP contribution >= 0.6 is 11.6 Å². The van der Waals surface area contributed by atoms with E-state index >= 15 is 0 Å². The molecule has 1 atom stereocenters. The Labute approximate surface area is 167 Å². The van der Waals surface area contributed by atoms with Crippen molar-refractivity contribution in [3.05, 3.63) is 23.2 Å². The summed E-state index contributed by atoms with van der Waals surface area (Å²) in [5.74, 6) is 0.151. The lowest BCUT2D eigenvalue weighted by Gasteiger charge is -2.30. The molecule has 0 spiro atoms. The third-order valence-corrected chi connectivity index (χ3v) is 6.47. The monoisotopic (exact) mass is 416 g/mol. The van der Waals surface area contributed by atoms with Gasteiger partial charge in [0.2, 0.25) is 15.9 Å². The number of nitrogens with one attached hydrogen (secondary N) is 1. The largest absolute Gasteiger partial charge is 0.495 e. The molecule has 1 aromatic carbocycles. The molecule has 1 aliphatic rings. The van der Waals surface area contributed by atoms with E-state index in [4.69, 9.17) is 16.3 Å². The first-order chi connectivity index (χ1) is 12.7. The normalized spacial score (nSPS) is 17.5. The van der Waals surface area contributed by atoms with Gasteiger partial charge in [-0.05, 0) is 38.0 Å². The number of anilines is 1. The molecule has 0 aliphatic heterocycles. The molecule has 27 heavy (non-hydrogen) atoms. The van der Waals surface area contributed by atoms with E-state index in [1.54, 1.807) is 19.1 Å². The van der Waals surface area contributed by atoms with Crippen LogP contribution in [0.25, 0.3) is 0 Å². The maximum absolute atomic E-state index is 12.8. The SMILES string of the molecule is COc1ccc(N([C@@H](C)C(=O)NC2CCCCCCC2)S(C)(=O)=O)cc1Cl. The first kappa shape index (κ1) is 21.8. The molecule has 0 bridgehead atoms. The molecule has 1 N–H and O–H groups in total. The standard InChI is InChI=1S/C19H29ClN2O4S/c1-14(19(23)21-15-9-7-5-4-6-8-10-15)22(27(3,24)25)16-11-12-18(26-2)17(20)13-16/h11-15H,4-10H2,1-3H3,(H,21,23)/t14-/m0/s1. The quantitative estimate of drug-likeness (QED) is 0.766. The minimum Gasteiger partial charge on any atom is -0.495 e. The molecule has 8 heteroatoms. The van der Waals surface area contributed by atoms with E-state index in [9.17, 15) is 13.2 Å². The molecular formula is C19H29ClN2O4S. The highest BCUT2D eigenvalue weighted by Gasteiger charge is 2.30. The second kappa shape index (κ2) is 9.64. The van der Waals surface area contributed by atoms with Gasteiger partial charge in [-0.3, -0.25) is 9.10 Å². The number of carbonyl (C=O) groups excluding carboxylic acids is 1. The summed E-state index contributed by atoms with van der Waals surface area (Å²) in [4.78, 5) is 12.8. The van der Waals surface area contributed by atoms with E-state index < -0.39 is 16.1 Å². The second-order valence-electron chi connectivity index (χ2n) is 7.10. The lowest BCUT2D eigenvalue weighted by molar-refractivity contribution is -0.122. The second-order valence-corrected chi connectivity index (χ2v) is 9.37. The third-order valence-electron chi connectivity index (χ3n) is 4.93. The molecular weight excluding hydrogens is 388 g/mol. The van der Waals surface area contributed by atoms with E-state index in [0.717, 1.165) is 36.2 Å². The maximum Gasteiger partial charge on any atom is 0.243 e. The summed E-state index contributed by atoms with van der Waals surface area (Å²) in [5, 5.41) is 3.33. The first-order valence-corrected chi connectivity index (χ1v) is 11.6. The number of rotatable bonds is 6. The van der Waals surface area contributed by atoms with Crippen molar-refractivity contribution in [2.75, 3.05) is 17.7 Å². The average molecular weight is 417 g/mol. The fourth-order valence-electron chi connectivity index (χ4n) is 3.52. The molecule has 152 valence electrons. The first-order valence-electron chi connectivity index (χ1n) is 9.37. The molecule has 1 saturated carbocycles. The van der Waals surface area contributed by atoms with Gasteiger partial charge in [-0.15, -0.1) is 0 Å². The molecule has 1 aromatic rings. The molecule has 6 nitrogen and oxygen atoms in total. The van der Waals surface area contributed by atoms with Gasteiger partial charge in [-0.2, -0.15) is 0 Å². The Morgan fingerprint density at radius 2 is 1.81 bits per heavy atom. The van der Waals surface area contributed by atoms with Gasteiger partial charge in [0.05, 0.1) is 24.1 Å². The lowest BCUT2D eigenvalue weighted by atomic mass is 9.96. The Kier molecular flexibility index (Phi) is 7.79. The van der Waals surface area contributed by atoms with Crippen LogP contribution in [-0.2, 0) is 14.8 Å². The van der Waals surface area contributed by atoms with Crippen molar-refractivity contribution in [2.24, 2.45) is 0 Å². The van der Waals surface area contributed by atoms with Crippen molar-refractivity contribution in [1.82, 2.24) is 5.32 Å². The Morgan fingerprint density at radius 1 is 1.22 bits per heavy atom. The van der Waals surface area contributed by atoms with Crippen molar-refractivity contribution >= 4 is 33.2 Å². The smallest absolute Gasteiger partial charge is 0.243 e. The molecule has 2 rings (SSSR count). The van der Waals surface area contributed by atoms with Crippen LogP contribution in [0.4, 0.5) is 5.69 Å². The van der Waals surface area contributed by atoms with E-state index in [0.29, 0.717) is 11.4 Å². The van der Waals surface area contributed by atoms with Crippen LogP contribution in [0, 0.1) is 0 Å². The van der Waals surface area contributed by atoms with Crippen LogP contribution in [-0.4, -0.2) is 39.8 Å². The summed E-state index contributed by atoms with van der Waals surface area (Å²) in [6.07, 6.45) is 8.75. The van der Waals surface area contributed by atoms with Gasteiger partial charge >= 0.3 is 0 Å². The molecule has 0 radical (unpaired) electrons. The Morgan fingerprint density at radius 3 is 2.33 bits per heavy atom. The summed E-state index contributed by atoms with van der Waals surface area (Å²) < 4.78 is 31.0. The highest BCUT2D eigenvalue weighted by molar-refractivity contribution is 7.92. The molecule has 0 unspecified atom stereocenters. The molecule has 1 aliphatic carbocycles. The lowest BCUT2D eigenvalue weighted by Crippen LogP contribution is -2.50.